The van der Waals surface area contributed by atoms with E-state index in [4.69, 9.17) is 0 Å². The van der Waals surface area contributed by atoms with Crippen molar-refractivity contribution in [2.75, 3.05) is 0 Å². The normalized spacial score (nSPS) is 11.7. The van der Waals surface area contributed by atoms with Crippen LogP contribution in [0.25, 0.3) is 22.0 Å². The van der Waals surface area contributed by atoms with Gasteiger partial charge in [0.2, 0.25) is 0 Å². The summed E-state index contributed by atoms with van der Waals surface area (Å²) in [5.74, 6) is 1.46. The van der Waals surface area contributed by atoms with Crippen LogP contribution in [0.3, 0.4) is 0 Å². The molecule has 0 bridgehead atoms. The van der Waals surface area contributed by atoms with E-state index in [-0.39, 0.29) is 56.4 Å². The third-order valence-corrected chi connectivity index (χ3v) is 5.05. The van der Waals surface area contributed by atoms with Gasteiger partial charge in [-0.2, -0.15) is 11.1 Å². The summed E-state index contributed by atoms with van der Waals surface area (Å²) in [7, 11) is 0. The van der Waals surface area contributed by atoms with Gasteiger partial charge in [0.15, 0.2) is 0 Å². The monoisotopic (exact) mass is 422 g/mol. The average molecular weight is 422 g/mol. The third-order valence-electron chi connectivity index (χ3n) is 5.05. The van der Waals surface area contributed by atoms with Gasteiger partial charge in [0, 0.05) is 6.04 Å². The first-order valence-corrected chi connectivity index (χ1v) is 8.37. The fourth-order valence-corrected chi connectivity index (χ4v) is 4.09. The molecule has 0 amide bonds. The minimum atomic E-state index is 0. The Morgan fingerprint density at radius 1 is 1.00 bits per heavy atom. The van der Waals surface area contributed by atoms with Gasteiger partial charge in [-0.05, 0) is 30.7 Å². The van der Waals surface area contributed by atoms with Crippen LogP contribution in [-0.4, -0.2) is 56.4 Å². The molecule has 0 saturated heterocycles. The summed E-state index contributed by atoms with van der Waals surface area (Å²) < 4.78 is 2.38. The maximum Gasteiger partial charge on any atom is 2.00 e. The minimum absolute atomic E-state index is 0. The molecule has 0 radical (unpaired) electrons. The van der Waals surface area contributed by atoms with E-state index in [1.807, 2.05) is 0 Å². The van der Waals surface area contributed by atoms with Gasteiger partial charge in [0.1, 0.15) is 0 Å². The molecule has 0 spiro atoms. The molecular weight excluding hydrogens is 398 g/mol. The van der Waals surface area contributed by atoms with E-state index < -0.39 is 0 Å². The first kappa shape index (κ1) is 23.0. The topological polar surface area (TPSA) is 63.9 Å². The predicted molar refractivity (Wildman–Crippen MR) is 106 cm³/mol. The molecule has 0 atom stereocenters. The smallest absolute Gasteiger partial charge is 0.870 e. The zero-order valence-electron chi connectivity index (χ0n) is 15.9. The summed E-state index contributed by atoms with van der Waals surface area (Å²) in [6, 6.07) is 16.9. The molecule has 1 aliphatic rings. The molecule has 0 aliphatic carbocycles. The number of hydrogen-bond donors (Lipinski definition) is 0. The second-order valence-corrected chi connectivity index (χ2v) is 6.54. The van der Waals surface area contributed by atoms with Gasteiger partial charge >= 0.3 is 45.5 Å². The number of nitrogens with zero attached hydrogens (tertiary/aromatic N) is 1. The molecule has 3 nitrogen and oxygen atoms in total. The van der Waals surface area contributed by atoms with Gasteiger partial charge in [-0.3, -0.25) is 0 Å². The van der Waals surface area contributed by atoms with Gasteiger partial charge < -0.3 is 15.5 Å². The van der Waals surface area contributed by atoms with Crippen molar-refractivity contribution >= 4 is 56.3 Å². The summed E-state index contributed by atoms with van der Waals surface area (Å²) in [4.78, 5) is 0. The Labute approximate surface area is 192 Å². The molecule has 0 saturated carbocycles. The van der Waals surface area contributed by atoms with Gasteiger partial charge in [-0.15, -0.1) is 23.6 Å². The number of aromatic nitrogens is 1. The van der Waals surface area contributed by atoms with Crippen LogP contribution in [0.15, 0.2) is 48.7 Å². The molecule has 2 N–H and O–H groups in total. The fourth-order valence-electron chi connectivity index (χ4n) is 4.09. The van der Waals surface area contributed by atoms with Gasteiger partial charge in [-0.1, -0.05) is 50.1 Å². The average Bonchev–Trinajstić information content (AvgIpc) is 2.55. The van der Waals surface area contributed by atoms with Gasteiger partial charge in [0.05, 0.1) is 11.9 Å². The van der Waals surface area contributed by atoms with Crippen LogP contribution in [0.2, 0.25) is 0 Å². The summed E-state index contributed by atoms with van der Waals surface area (Å²) in [5.41, 5.74) is 6.86. The van der Waals surface area contributed by atoms with E-state index in [9.17, 15) is 0 Å². The molecule has 4 heteroatoms. The first-order valence-electron chi connectivity index (χ1n) is 8.37. The number of aryl methyl sites for hydroxylation is 2. The van der Waals surface area contributed by atoms with Crippen molar-refractivity contribution < 1.29 is 15.5 Å². The Morgan fingerprint density at radius 3 is 2.38 bits per heavy atom. The van der Waals surface area contributed by atoms with E-state index >= 15 is 0 Å². The molecule has 1 aromatic heterocycles. The fraction of sp³-hybridized carbons (Fsp3) is 0.227. The Morgan fingerprint density at radius 2 is 1.69 bits per heavy atom. The van der Waals surface area contributed by atoms with Crippen LogP contribution in [-0.2, 0) is 0 Å². The molecule has 3 aromatic rings. The Hall–Kier alpha value is -1.01. The van der Waals surface area contributed by atoms with E-state index in [0.717, 1.165) is 6.42 Å². The molecule has 1 aliphatic heterocycles. The number of rotatable bonds is 1. The number of hydrogen-bond acceptors (Lipinski definition) is 2. The molecule has 0 fully saturated rings. The van der Waals surface area contributed by atoms with Crippen molar-refractivity contribution in [3.8, 4) is 11.3 Å². The maximum absolute atomic E-state index is 2.38. The van der Waals surface area contributed by atoms with Crippen LogP contribution < -0.4 is 4.57 Å². The van der Waals surface area contributed by atoms with Gasteiger partial charge in [0.25, 0.3) is 0 Å². The van der Waals surface area contributed by atoms with Crippen molar-refractivity contribution in [3.63, 3.8) is 0 Å². The molecule has 2 aromatic carbocycles. The summed E-state index contributed by atoms with van der Waals surface area (Å²) in [6.45, 7) is 8.95. The van der Waals surface area contributed by atoms with Crippen LogP contribution in [0.5, 0.6) is 0 Å². The van der Waals surface area contributed by atoms with Crippen molar-refractivity contribution in [1.82, 2.24) is 0 Å². The Bertz CT molecular complexity index is 923. The molecule has 0 unspecified atom stereocenters. The third kappa shape index (κ3) is 3.42. The standard InChI is InChI=1S/C22H22N.2H2O.Sr/c1-5-18-16(4)23-11-10-17-8-6-7-9-19(17)22(23)20-13-14(2)12-15(3)21(18)20;;;/h6-13H,5H2,1-4H3;2*1H2;/q-1;;;+2/p-2. The van der Waals surface area contributed by atoms with E-state index in [0.29, 0.717) is 0 Å². The second kappa shape index (κ2) is 8.79. The van der Waals surface area contributed by atoms with E-state index in [2.05, 4.69) is 80.9 Å². The number of benzene rings is 2. The van der Waals surface area contributed by atoms with Crippen molar-refractivity contribution in [2.45, 2.75) is 34.1 Å². The number of fused-ring (bicyclic) bond motifs is 5. The van der Waals surface area contributed by atoms with Crippen molar-refractivity contribution in [1.29, 1.82) is 0 Å². The van der Waals surface area contributed by atoms with Crippen molar-refractivity contribution in [3.05, 3.63) is 77.3 Å². The van der Waals surface area contributed by atoms with E-state index in [1.165, 1.54) is 50.7 Å². The van der Waals surface area contributed by atoms with Crippen molar-refractivity contribution in [2.24, 2.45) is 0 Å². The maximum atomic E-state index is 2.38. The summed E-state index contributed by atoms with van der Waals surface area (Å²) in [5, 5.41) is 2.63. The van der Waals surface area contributed by atoms with Gasteiger partial charge in [-0.25, -0.2) is 0 Å². The molecule has 2 heterocycles. The summed E-state index contributed by atoms with van der Waals surface area (Å²) >= 11 is 0. The number of pyridine rings is 1. The first-order chi connectivity index (χ1) is 11.1. The van der Waals surface area contributed by atoms with Crippen LogP contribution in [0, 0.1) is 25.8 Å². The molecule has 26 heavy (non-hydrogen) atoms. The van der Waals surface area contributed by atoms with Crippen LogP contribution in [0.4, 0.5) is 0 Å². The SMILES string of the molecule is CC[C-]1c2c(C)cc(C)cc2-c2c3ccccc3cc[n+]2[C-]1C.[OH-].[OH-].[Sr+2]. The molecule has 4 rings (SSSR count). The Kier molecular flexibility index (Phi) is 7.78. The minimum Gasteiger partial charge on any atom is -0.870 e. The summed E-state index contributed by atoms with van der Waals surface area (Å²) in [6.07, 6.45) is 3.28. The quantitative estimate of drug-likeness (QED) is 0.331. The predicted octanol–water partition coefficient (Wildman–Crippen LogP) is 4.42. The van der Waals surface area contributed by atoms with Crippen LogP contribution >= 0.6 is 0 Å². The van der Waals surface area contributed by atoms with Crippen LogP contribution in [0.1, 0.15) is 37.0 Å². The van der Waals surface area contributed by atoms with E-state index in [1.54, 1.807) is 0 Å². The zero-order chi connectivity index (χ0) is 16.1. The largest absolute Gasteiger partial charge is 2.00 e. The second-order valence-electron chi connectivity index (χ2n) is 6.54. The zero-order valence-corrected chi connectivity index (χ0v) is 19.4. The molecular formula is C22H24NO2Sr-. The Balaban J connectivity index is 0.00000113. The molecule has 132 valence electrons.